The fourth-order valence-corrected chi connectivity index (χ4v) is 2.41. The van der Waals surface area contributed by atoms with Crippen LogP contribution in [0.2, 0.25) is 10.0 Å². The van der Waals surface area contributed by atoms with Crippen molar-refractivity contribution in [3.63, 3.8) is 0 Å². The maximum absolute atomic E-state index is 12.9. The van der Waals surface area contributed by atoms with Crippen molar-refractivity contribution in [2.24, 2.45) is 0 Å². The van der Waals surface area contributed by atoms with Gasteiger partial charge < -0.3 is 9.47 Å². The van der Waals surface area contributed by atoms with Crippen LogP contribution in [0.4, 0.5) is 0 Å². The average molecular weight is 339 g/mol. The summed E-state index contributed by atoms with van der Waals surface area (Å²) >= 11 is 12.0. The van der Waals surface area contributed by atoms with Crippen molar-refractivity contribution >= 4 is 29.0 Å². The van der Waals surface area contributed by atoms with E-state index < -0.39 is 0 Å². The SMILES string of the molecule is CCOc1ccc(Cl)cc1C(=O)c1cc(Cl)ccc1OCC. The minimum absolute atomic E-state index is 0.239. The predicted molar refractivity (Wildman–Crippen MR) is 88.7 cm³/mol. The molecule has 0 unspecified atom stereocenters. The molecule has 3 nitrogen and oxygen atoms in total. The number of halogens is 2. The van der Waals surface area contributed by atoms with E-state index in [4.69, 9.17) is 32.7 Å². The van der Waals surface area contributed by atoms with Gasteiger partial charge >= 0.3 is 0 Å². The van der Waals surface area contributed by atoms with Gasteiger partial charge in [0.15, 0.2) is 0 Å². The third kappa shape index (κ3) is 3.73. The Bertz CT molecular complexity index is 626. The monoisotopic (exact) mass is 338 g/mol. The second kappa shape index (κ2) is 7.52. The van der Waals surface area contributed by atoms with Gasteiger partial charge in [0.1, 0.15) is 11.5 Å². The van der Waals surface area contributed by atoms with Crippen molar-refractivity contribution in [2.75, 3.05) is 13.2 Å². The Morgan fingerprint density at radius 2 is 1.27 bits per heavy atom. The van der Waals surface area contributed by atoms with Crippen molar-refractivity contribution in [3.05, 3.63) is 57.6 Å². The molecule has 2 aromatic rings. The summed E-state index contributed by atoms with van der Waals surface area (Å²) in [5, 5.41) is 0.929. The van der Waals surface area contributed by atoms with Crippen LogP contribution in [0.5, 0.6) is 11.5 Å². The minimum atomic E-state index is -0.239. The smallest absolute Gasteiger partial charge is 0.200 e. The zero-order valence-electron chi connectivity index (χ0n) is 12.4. The van der Waals surface area contributed by atoms with E-state index in [1.807, 2.05) is 13.8 Å². The van der Waals surface area contributed by atoms with Crippen LogP contribution < -0.4 is 9.47 Å². The van der Waals surface area contributed by atoms with E-state index in [1.165, 1.54) is 0 Å². The molecule has 0 saturated carbocycles. The molecule has 0 spiro atoms. The van der Waals surface area contributed by atoms with Gasteiger partial charge in [-0.1, -0.05) is 23.2 Å². The van der Waals surface area contributed by atoms with Gasteiger partial charge in [0.2, 0.25) is 5.78 Å². The van der Waals surface area contributed by atoms with Crippen molar-refractivity contribution in [3.8, 4) is 11.5 Å². The molecule has 0 atom stereocenters. The van der Waals surface area contributed by atoms with Gasteiger partial charge in [-0.15, -0.1) is 0 Å². The first-order valence-electron chi connectivity index (χ1n) is 6.96. The molecule has 2 aromatic carbocycles. The standard InChI is InChI=1S/C17H16Cl2O3/c1-3-21-15-7-5-11(18)9-13(15)17(20)14-10-12(19)6-8-16(14)22-4-2/h5-10H,3-4H2,1-2H3. The van der Waals surface area contributed by atoms with E-state index in [-0.39, 0.29) is 5.78 Å². The quantitative estimate of drug-likeness (QED) is 0.693. The minimum Gasteiger partial charge on any atom is -0.493 e. The molecule has 0 fully saturated rings. The first-order valence-corrected chi connectivity index (χ1v) is 7.71. The van der Waals surface area contributed by atoms with Gasteiger partial charge in [0.05, 0.1) is 24.3 Å². The maximum Gasteiger partial charge on any atom is 0.200 e. The lowest BCUT2D eigenvalue weighted by atomic mass is 10.0. The van der Waals surface area contributed by atoms with Gasteiger partial charge in [-0.2, -0.15) is 0 Å². The second-order valence-corrected chi connectivity index (χ2v) is 5.35. The molecular formula is C17H16Cl2O3. The molecule has 2 rings (SSSR count). The summed E-state index contributed by atoms with van der Waals surface area (Å²) in [4.78, 5) is 12.9. The summed E-state index contributed by atoms with van der Waals surface area (Å²) in [6.45, 7) is 4.62. The van der Waals surface area contributed by atoms with E-state index in [9.17, 15) is 4.79 Å². The van der Waals surface area contributed by atoms with Crippen molar-refractivity contribution in [1.82, 2.24) is 0 Å². The maximum atomic E-state index is 12.9. The van der Waals surface area contributed by atoms with E-state index >= 15 is 0 Å². The molecular weight excluding hydrogens is 323 g/mol. The van der Waals surface area contributed by atoms with E-state index in [0.717, 1.165) is 0 Å². The van der Waals surface area contributed by atoms with Crippen LogP contribution >= 0.6 is 23.2 Å². The molecule has 0 aliphatic rings. The van der Waals surface area contributed by atoms with E-state index in [2.05, 4.69) is 0 Å². The van der Waals surface area contributed by atoms with Crippen LogP contribution in [0.15, 0.2) is 36.4 Å². The number of benzene rings is 2. The van der Waals surface area contributed by atoms with Crippen LogP contribution in [0.1, 0.15) is 29.8 Å². The number of hydrogen-bond acceptors (Lipinski definition) is 3. The average Bonchev–Trinajstić information content (AvgIpc) is 2.50. The van der Waals surface area contributed by atoms with Crippen LogP contribution in [0.25, 0.3) is 0 Å². The summed E-state index contributed by atoms with van der Waals surface area (Å²) in [6, 6.07) is 9.92. The first-order chi connectivity index (χ1) is 10.6. The molecule has 0 saturated heterocycles. The molecule has 0 radical (unpaired) electrons. The highest BCUT2D eigenvalue weighted by molar-refractivity contribution is 6.32. The molecule has 0 bridgehead atoms. The fraction of sp³-hybridized carbons (Fsp3) is 0.235. The summed E-state index contributed by atoms with van der Waals surface area (Å²) in [5.74, 6) is 0.732. The number of hydrogen-bond donors (Lipinski definition) is 0. The topological polar surface area (TPSA) is 35.5 Å². The van der Waals surface area contributed by atoms with E-state index in [1.54, 1.807) is 36.4 Å². The van der Waals surface area contributed by atoms with Gasteiger partial charge in [-0.05, 0) is 50.2 Å². The number of carbonyl (C=O) groups excluding carboxylic acids is 1. The zero-order chi connectivity index (χ0) is 16.1. The largest absolute Gasteiger partial charge is 0.493 e. The molecule has 0 amide bonds. The van der Waals surface area contributed by atoms with Gasteiger partial charge in [0, 0.05) is 10.0 Å². The normalized spacial score (nSPS) is 10.4. The highest BCUT2D eigenvalue weighted by Gasteiger charge is 2.19. The zero-order valence-corrected chi connectivity index (χ0v) is 13.9. The molecule has 5 heteroatoms. The lowest BCUT2D eigenvalue weighted by molar-refractivity contribution is 0.103. The van der Waals surface area contributed by atoms with Crippen molar-refractivity contribution < 1.29 is 14.3 Å². The van der Waals surface area contributed by atoms with Gasteiger partial charge in [-0.3, -0.25) is 4.79 Å². The Kier molecular flexibility index (Phi) is 5.69. The molecule has 0 heterocycles. The fourth-order valence-electron chi connectivity index (χ4n) is 2.07. The molecule has 0 aliphatic heterocycles. The van der Waals surface area contributed by atoms with Gasteiger partial charge in [-0.25, -0.2) is 0 Å². The highest BCUT2D eigenvalue weighted by atomic mass is 35.5. The summed E-state index contributed by atoms with van der Waals surface area (Å²) < 4.78 is 11.0. The number of ketones is 1. The Labute approximate surface area is 139 Å². The lowest BCUT2D eigenvalue weighted by Crippen LogP contribution is -2.08. The Balaban J connectivity index is 2.52. The molecule has 116 valence electrons. The molecule has 0 aromatic heterocycles. The highest BCUT2D eigenvalue weighted by Crippen LogP contribution is 2.30. The van der Waals surface area contributed by atoms with E-state index in [0.29, 0.717) is 45.9 Å². The van der Waals surface area contributed by atoms with Gasteiger partial charge in [0.25, 0.3) is 0 Å². The molecule has 0 N–H and O–H groups in total. The van der Waals surface area contributed by atoms with Crippen LogP contribution in [-0.4, -0.2) is 19.0 Å². The lowest BCUT2D eigenvalue weighted by Gasteiger charge is -2.13. The van der Waals surface area contributed by atoms with Crippen molar-refractivity contribution in [1.29, 1.82) is 0 Å². The molecule has 0 aliphatic carbocycles. The first kappa shape index (κ1) is 16.7. The third-order valence-electron chi connectivity index (χ3n) is 2.97. The summed E-state index contributed by atoms with van der Waals surface area (Å²) in [6.07, 6.45) is 0. The van der Waals surface area contributed by atoms with Crippen LogP contribution in [0.3, 0.4) is 0 Å². The summed E-state index contributed by atoms with van der Waals surface area (Å²) in [7, 11) is 0. The molecule has 22 heavy (non-hydrogen) atoms. The number of ether oxygens (including phenoxy) is 2. The Morgan fingerprint density at radius 3 is 1.64 bits per heavy atom. The van der Waals surface area contributed by atoms with Crippen LogP contribution in [-0.2, 0) is 0 Å². The number of carbonyl (C=O) groups is 1. The third-order valence-corrected chi connectivity index (χ3v) is 3.44. The Morgan fingerprint density at radius 1 is 0.864 bits per heavy atom. The second-order valence-electron chi connectivity index (χ2n) is 4.48. The predicted octanol–water partition coefficient (Wildman–Crippen LogP) is 5.02. The van der Waals surface area contributed by atoms with Crippen molar-refractivity contribution in [2.45, 2.75) is 13.8 Å². The number of rotatable bonds is 6. The van der Waals surface area contributed by atoms with Crippen LogP contribution in [0, 0.1) is 0 Å². The summed E-state index contributed by atoms with van der Waals surface area (Å²) in [5.41, 5.74) is 0.773. The Hall–Kier alpha value is -1.71.